The zero-order valence-electron chi connectivity index (χ0n) is 1.34. The van der Waals surface area contributed by atoms with Crippen LogP contribution in [-0.2, 0) is 67.1 Å². The van der Waals surface area contributed by atoms with Gasteiger partial charge in [-0.05, 0) is 0 Å². The van der Waals surface area contributed by atoms with Gasteiger partial charge in [0.25, 0.3) is 0 Å². The van der Waals surface area contributed by atoms with E-state index in [1.54, 1.807) is 0 Å². The molecule has 4 heteroatoms. The summed E-state index contributed by atoms with van der Waals surface area (Å²) in [6.45, 7) is 0. The van der Waals surface area contributed by atoms with E-state index in [1.165, 1.54) is 0 Å². The predicted molar refractivity (Wildman–Crippen MR) is 9.94 cm³/mol. The minimum Gasteiger partial charge on any atom is 0 e. The SMILES string of the molecule is [AlH3].[Nb].[Nb].[Nb]. The standard InChI is InChI=1S/Al.3Nb.3H. The number of rotatable bonds is 0. The van der Waals surface area contributed by atoms with Gasteiger partial charge in [-0.25, -0.2) is 0 Å². The molecule has 0 rings (SSSR count). The van der Waals surface area contributed by atoms with E-state index < -0.39 is 0 Å². The maximum atomic E-state index is 0. The summed E-state index contributed by atoms with van der Waals surface area (Å²) in [5, 5.41) is 0. The molecule has 0 aliphatic rings. The molecule has 0 saturated heterocycles. The van der Waals surface area contributed by atoms with Crippen molar-refractivity contribution in [2.75, 3.05) is 0 Å². The molecule has 0 aliphatic carbocycles. The smallest absolute Gasteiger partial charge is 0 e. The summed E-state index contributed by atoms with van der Waals surface area (Å²) in [6.07, 6.45) is 0. The average Bonchev–Trinajstić information content (AvgIpc) is 0. The second-order valence-corrected chi connectivity index (χ2v) is 0. The zero-order chi connectivity index (χ0) is 0. The van der Waals surface area contributed by atoms with E-state index in [4.69, 9.17) is 0 Å². The van der Waals surface area contributed by atoms with Crippen LogP contribution in [0.3, 0.4) is 0 Å². The van der Waals surface area contributed by atoms with Crippen LogP contribution in [0.1, 0.15) is 0 Å². The first-order chi connectivity index (χ1) is 0. The molecule has 21 valence electrons. The van der Waals surface area contributed by atoms with Crippen molar-refractivity contribution in [1.29, 1.82) is 0 Å². The molecule has 0 atom stereocenters. The van der Waals surface area contributed by atoms with Crippen LogP contribution in [0.2, 0.25) is 0 Å². The van der Waals surface area contributed by atoms with Crippen molar-refractivity contribution < 1.29 is 67.1 Å². The van der Waals surface area contributed by atoms with Gasteiger partial charge in [-0.15, -0.1) is 0 Å². The molecular formula is H3AlNb3. The Morgan fingerprint density at radius 3 is 0.500 bits per heavy atom. The first-order valence-corrected chi connectivity index (χ1v) is 0. The Bertz CT molecular complexity index is 3.25. The van der Waals surface area contributed by atoms with Crippen LogP contribution < -0.4 is 0 Å². The molecule has 0 fully saturated rings. The van der Waals surface area contributed by atoms with Crippen LogP contribution >= 0.6 is 0 Å². The monoisotopic (exact) mass is 309 g/mol. The summed E-state index contributed by atoms with van der Waals surface area (Å²) in [6, 6.07) is 0. The Hall–Kier alpha value is 2.75. The molecule has 0 aromatic carbocycles. The molecule has 0 unspecified atom stereocenters. The van der Waals surface area contributed by atoms with Gasteiger partial charge in [0.2, 0.25) is 0 Å². The Balaban J connectivity index is 0. The second-order valence-electron chi connectivity index (χ2n) is 0. The van der Waals surface area contributed by atoms with E-state index in [-0.39, 0.29) is 84.5 Å². The predicted octanol–water partition coefficient (Wildman–Crippen LogP) is -1.19. The van der Waals surface area contributed by atoms with Gasteiger partial charge >= 0.3 is 0 Å². The summed E-state index contributed by atoms with van der Waals surface area (Å²) in [5.41, 5.74) is 0. The molecule has 0 bridgehead atoms. The molecule has 0 amide bonds. The van der Waals surface area contributed by atoms with Crippen LogP contribution in [-0.4, -0.2) is 17.4 Å². The molecule has 0 spiro atoms. The first kappa shape index (κ1) is 29.5. The first-order valence-electron chi connectivity index (χ1n) is 0. The Morgan fingerprint density at radius 2 is 0.500 bits per heavy atom. The minimum atomic E-state index is 0. The van der Waals surface area contributed by atoms with E-state index in [1.807, 2.05) is 0 Å². The van der Waals surface area contributed by atoms with E-state index in [0.29, 0.717) is 0 Å². The zero-order valence-corrected chi connectivity index (χ0v) is 7.94. The molecule has 0 N–H and O–H groups in total. The van der Waals surface area contributed by atoms with Crippen molar-refractivity contribution >= 4 is 17.4 Å². The molecule has 0 aromatic rings. The van der Waals surface area contributed by atoms with Crippen molar-refractivity contribution in [1.82, 2.24) is 0 Å². The van der Waals surface area contributed by atoms with Crippen LogP contribution in [0.5, 0.6) is 0 Å². The van der Waals surface area contributed by atoms with E-state index in [9.17, 15) is 0 Å². The molecular weight excluding hydrogens is 306 g/mol. The van der Waals surface area contributed by atoms with Gasteiger partial charge in [0.1, 0.15) is 0 Å². The van der Waals surface area contributed by atoms with Crippen LogP contribution in [0.15, 0.2) is 0 Å². The summed E-state index contributed by atoms with van der Waals surface area (Å²) in [7, 11) is 0. The van der Waals surface area contributed by atoms with Crippen molar-refractivity contribution in [3.05, 3.63) is 0 Å². The molecule has 0 heterocycles. The third-order valence-electron chi connectivity index (χ3n) is 0. The quantitative estimate of drug-likeness (QED) is 0.494. The van der Waals surface area contributed by atoms with E-state index in [0.717, 1.165) is 0 Å². The number of hydrogen-bond acceptors (Lipinski definition) is 0. The van der Waals surface area contributed by atoms with Crippen molar-refractivity contribution in [2.45, 2.75) is 0 Å². The third kappa shape index (κ3) is 8.83. The molecule has 4 heavy (non-hydrogen) atoms. The van der Waals surface area contributed by atoms with Crippen molar-refractivity contribution in [2.24, 2.45) is 0 Å². The molecule has 0 aromatic heterocycles. The van der Waals surface area contributed by atoms with Crippen LogP contribution in [0.25, 0.3) is 0 Å². The fourth-order valence-electron chi connectivity index (χ4n) is 0. The molecule has 0 nitrogen and oxygen atoms in total. The minimum absolute atomic E-state index is 0. The maximum Gasteiger partial charge on any atom is 0.187 e. The van der Waals surface area contributed by atoms with Gasteiger partial charge in [0.05, 0.1) is 0 Å². The molecule has 3 radical (unpaired) electrons. The summed E-state index contributed by atoms with van der Waals surface area (Å²) in [4.78, 5) is 0. The summed E-state index contributed by atoms with van der Waals surface area (Å²) >= 11 is 0. The van der Waals surface area contributed by atoms with Gasteiger partial charge in [0, 0.05) is 67.1 Å². The topological polar surface area (TPSA) is 0 Å². The number of hydrogen-bond donors (Lipinski definition) is 0. The van der Waals surface area contributed by atoms with Crippen LogP contribution in [0, 0.1) is 0 Å². The van der Waals surface area contributed by atoms with Gasteiger partial charge in [-0.3, -0.25) is 0 Å². The summed E-state index contributed by atoms with van der Waals surface area (Å²) < 4.78 is 0. The normalized spacial score (nSPS) is 0. The Morgan fingerprint density at radius 1 is 0.500 bits per heavy atom. The van der Waals surface area contributed by atoms with Crippen LogP contribution in [0.4, 0.5) is 0 Å². The van der Waals surface area contributed by atoms with Gasteiger partial charge in [-0.1, -0.05) is 0 Å². The van der Waals surface area contributed by atoms with Gasteiger partial charge in [-0.2, -0.15) is 0 Å². The Kier molecular flexibility index (Phi) is 126. The fraction of sp³-hybridized carbons (Fsp3) is 0. The molecule has 0 saturated carbocycles. The summed E-state index contributed by atoms with van der Waals surface area (Å²) in [5.74, 6) is 0. The third-order valence-corrected chi connectivity index (χ3v) is 0. The largest absolute Gasteiger partial charge is 0.187 e. The Labute approximate surface area is 83.1 Å². The second kappa shape index (κ2) is 17.1. The van der Waals surface area contributed by atoms with Gasteiger partial charge in [0.15, 0.2) is 17.4 Å². The fourth-order valence-corrected chi connectivity index (χ4v) is 0. The van der Waals surface area contributed by atoms with E-state index >= 15 is 0 Å². The average molecular weight is 309 g/mol. The molecule has 0 aliphatic heterocycles. The maximum absolute atomic E-state index is 0. The van der Waals surface area contributed by atoms with Gasteiger partial charge < -0.3 is 0 Å². The van der Waals surface area contributed by atoms with E-state index in [2.05, 4.69) is 0 Å². The van der Waals surface area contributed by atoms with Crippen molar-refractivity contribution in [3.8, 4) is 0 Å². The van der Waals surface area contributed by atoms with Crippen molar-refractivity contribution in [3.63, 3.8) is 0 Å².